The lowest BCUT2D eigenvalue weighted by atomic mass is 10.1. The first-order chi connectivity index (χ1) is 9.10. The lowest BCUT2D eigenvalue weighted by molar-refractivity contribution is 0.621. The van der Waals surface area contributed by atoms with E-state index in [0.717, 1.165) is 16.8 Å². The SMILES string of the molecule is Cc1cc(C#N)ccc1CNc1ccc(Br)c(F)c1. The van der Waals surface area contributed by atoms with Crippen molar-refractivity contribution in [1.82, 2.24) is 0 Å². The van der Waals surface area contributed by atoms with Gasteiger partial charge in [0.1, 0.15) is 5.82 Å². The minimum Gasteiger partial charge on any atom is -0.381 e. The van der Waals surface area contributed by atoms with Gasteiger partial charge in [-0.25, -0.2) is 4.39 Å². The number of nitrogens with one attached hydrogen (secondary N) is 1. The normalized spacial score (nSPS) is 10.0. The van der Waals surface area contributed by atoms with Gasteiger partial charge in [0, 0.05) is 12.2 Å². The fourth-order valence-corrected chi connectivity index (χ4v) is 2.01. The molecule has 2 aromatic rings. The van der Waals surface area contributed by atoms with E-state index in [1.54, 1.807) is 12.1 Å². The first kappa shape index (κ1) is 13.6. The van der Waals surface area contributed by atoms with Gasteiger partial charge >= 0.3 is 0 Å². The summed E-state index contributed by atoms with van der Waals surface area (Å²) in [5.74, 6) is -0.290. The lowest BCUT2D eigenvalue weighted by Gasteiger charge is -2.09. The Hall–Kier alpha value is -1.86. The molecule has 0 spiro atoms. The minimum atomic E-state index is -0.290. The van der Waals surface area contributed by atoms with Crippen LogP contribution in [0.1, 0.15) is 16.7 Å². The summed E-state index contributed by atoms with van der Waals surface area (Å²) in [4.78, 5) is 0. The van der Waals surface area contributed by atoms with Crippen LogP contribution in [-0.4, -0.2) is 0 Å². The molecule has 1 N–H and O–H groups in total. The van der Waals surface area contributed by atoms with Gasteiger partial charge in [-0.05, 0) is 64.3 Å². The Morgan fingerprint density at radius 2 is 2.05 bits per heavy atom. The predicted octanol–water partition coefficient (Wildman–Crippen LogP) is 4.38. The largest absolute Gasteiger partial charge is 0.381 e. The van der Waals surface area contributed by atoms with Crippen LogP contribution in [0.5, 0.6) is 0 Å². The first-order valence-corrected chi connectivity index (χ1v) is 6.58. The number of rotatable bonds is 3. The van der Waals surface area contributed by atoms with Gasteiger partial charge in [0.2, 0.25) is 0 Å². The van der Waals surface area contributed by atoms with Crippen molar-refractivity contribution in [2.24, 2.45) is 0 Å². The molecule has 0 radical (unpaired) electrons. The third-order valence-electron chi connectivity index (χ3n) is 2.87. The Balaban J connectivity index is 2.10. The molecule has 0 bridgehead atoms. The minimum absolute atomic E-state index is 0.290. The number of nitriles is 1. The Morgan fingerprint density at radius 1 is 1.26 bits per heavy atom. The quantitative estimate of drug-likeness (QED) is 0.911. The van der Waals surface area contributed by atoms with Crippen LogP contribution in [0.2, 0.25) is 0 Å². The highest BCUT2D eigenvalue weighted by Crippen LogP contribution is 2.20. The molecule has 19 heavy (non-hydrogen) atoms. The van der Waals surface area contributed by atoms with Crippen LogP contribution in [0.4, 0.5) is 10.1 Å². The average molecular weight is 319 g/mol. The number of nitrogens with zero attached hydrogens (tertiary/aromatic N) is 1. The van der Waals surface area contributed by atoms with Crippen LogP contribution < -0.4 is 5.32 Å². The topological polar surface area (TPSA) is 35.8 Å². The van der Waals surface area contributed by atoms with Crippen molar-refractivity contribution < 1.29 is 4.39 Å². The zero-order chi connectivity index (χ0) is 13.8. The number of halogens is 2. The highest BCUT2D eigenvalue weighted by molar-refractivity contribution is 9.10. The van der Waals surface area contributed by atoms with Gasteiger partial charge in [-0.3, -0.25) is 0 Å². The summed E-state index contributed by atoms with van der Waals surface area (Å²) in [5.41, 5.74) is 3.51. The fraction of sp³-hybridized carbons (Fsp3) is 0.133. The van der Waals surface area contributed by atoms with Crippen LogP contribution in [0.3, 0.4) is 0 Å². The molecule has 0 amide bonds. The Bertz CT molecular complexity index is 647. The number of hydrogen-bond donors (Lipinski definition) is 1. The van der Waals surface area contributed by atoms with Crippen LogP contribution in [0.15, 0.2) is 40.9 Å². The molecule has 2 aromatic carbocycles. The molecule has 0 saturated heterocycles. The zero-order valence-electron chi connectivity index (χ0n) is 10.4. The number of hydrogen-bond acceptors (Lipinski definition) is 2. The maximum absolute atomic E-state index is 13.4. The Morgan fingerprint density at radius 3 is 2.68 bits per heavy atom. The van der Waals surface area contributed by atoms with Gasteiger partial charge in [-0.2, -0.15) is 5.26 Å². The fourth-order valence-electron chi connectivity index (χ4n) is 1.77. The van der Waals surface area contributed by atoms with Crippen LogP contribution in [0, 0.1) is 24.1 Å². The van der Waals surface area contributed by atoms with Gasteiger partial charge in [-0.1, -0.05) is 6.07 Å². The number of benzene rings is 2. The molecule has 0 aliphatic heterocycles. The molecular weight excluding hydrogens is 307 g/mol. The summed E-state index contributed by atoms with van der Waals surface area (Å²) in [7, 11) is 0. The van der Waals surface area contributed by atoms with Crippen molar-refractivity contribution in [1.29, 1.82) is 5.26 Å². The van der Waals surface area contributed by atoms with E-state index in [1.807, 2.05) is 25.1 Å². The molecule has 0 atom stereocenters. The second kappa shape index (κ2) is 5.85. The molecular formula is C15H12BrFN2. The molecule has 0 aliphatic rings. The molecule has 0 saturated carbocycles. The van der Waals surface area contributed by atoms with E-state index in [-0.39, 0.29) is 5.82 Å². The van der Waals surface area contributed by atoms with Gasteiger partial charge in [0.05, 0.1) is 16.1 Å². The van der Waals surface area contributed by atoms with E-state index in [1.165, 1.54) is 6.07 Å². The number of aryl methyl sites for hydroxylation is 1. The monoisotopic (exact) mass is 318 g/mol. The predicted molar refractivity (Wildman–Crippen MR) is 77.3 cm³/mol. The summed E-state index contributed by atoms with van der Waals surface area (Å²) in [5, 5.41) is 12.0. The van der Waals surface area contributed by atoms with Crippen LogP contribution in [0.25, 0.3) is 0 Å². The van der Waals surface area contributed by atoms with E-state index < -0.39 is 0 Å². The molecule has 0 aromatic heterocycles. The Labute approximate surface area is 120 Å². The first-order valence-electron chi connectivity index (χ1n) is 5.78. The molecule has 0 fully saturated rings. The van der Waals surface area contributed by atoms with Crippen molar-refractivity contribution in [3.63, 3.8) is 0 Å². The maximum atomic E-state index is 13.4. The summed E-state index contributed by atoms with van der Waals surface area (Å²) in [6.45, 7) is 2.55. The van der Waals surface area contributed by atoms with Gasteiger partial charge in [0.15, 0.2) is 0 Å². The van der Waals surface area contributed by atoms with Crippen molar-refractivity contribution >= 4 is 21.6 Å². The summed E-state index contributed by atoms with van der Waals surface area (Å²) < 4.78 is 13.8. The van der Waals surface area contributed by atoms with Gasteiger partial charge < -0.3 is 5.32 Å². The van der Waals surface area contributed by atoms with Crippen molar-refractivity contribution in [3.05, 3.63) is 63.4 Å². The lowest BCUT2D eigenvalue weighted by Crippen LogP contribution is -2.02. The standard InChI is InChI=1S/C15H12BrFN2/c1-10-6-11(8-18)2-3-12(10)9-19-13-4-5-14(16)15(17)7-13/h2-7,19H,9H2,1H3. The second-order valence-electron chi connectivity index (χ2n) is 4.24. The van der Waals surface area contributed by atoms with E-state index in [2.05, 4.69) is 27.3 Å². The smallest absolute Gasteiger partial charge is 0.139 e. The van der Waals surface area contributed by atoms with Crippen molar-refractivity contribution in [2.45, 2.75) is 13.5 Å². The molecule has 4 heteroatoms. The van der Waals surface area contributed by atoms with E-state index in [0.29, 0.717) is 16.6 Å². The number of anilines is 1. The molecule has 0 unspecified atom stereocenters. The van der Waals surface area contributed by atoms with E-state index in [4.69, 9.17) is 5.26 Å². The van der Waals surface area contributed by atoms with Crippen molar-refractivity contribution in [3.8, 4) is 6.07 Å². The van der Waals surface area contributed by atoms with E-state index in [9.17, 15) is 4.39 Å². The summed E-state index contributed by atoms with van der Waals surface area (Å²) in [6, 6.07) is 12.6. The molecule has 2 rings (SSSR count). The van der Waals surface area contributed by atoms with Crippen LogP contribution in [-0.2, 0) is 6.54 Å². The highest BCUT2D eigenvalue weighted by Gasteiger charge is 2.03. The van der Waals surface area contributed by atoms with Gasteiger partial charge in [0.25, 0.3) is 0 Å². The molecule has 0 heterocycles. The summed E-state index contributed by atoms with van der Waals surface area (Å²) in [6.07, 6.45) is 0. The Kier molecular flexibility index (Phi) is 4.18. The molecule has 96 valence electrons. The maximum Gasteiger partial charge on any atom is 0.139 e. The average Bonchev–Trinajstić information content (AvgIpc) is 2.41. The van der Waals surface area contributed by atoms with Crippen molar-refractivity contribution in [2.75, 3.05) is 5.32 Å². The second-order valence-corrected chi connectivity index (χ2v) is 5.09. The van der Waals surface area contributed by atoms with E-state index >= 15 is 0 Å². The molecule has 2 nitrogen and oxygen atoms in total. The summed E-state index contributed by atoms with van der Waals surface area (Å²) >= 11 is 3.12. The third-order valence-corrected chi connectivity index (χ3v) is 3.52. The van der Waals surface area contributed by atoms with Gasteiger partial charge in [-0.15, -0.1) is 0 Å². The third kappa shape index (κ3) is 3.33. The zero-order valence-corrected chi connectivity index (χ0v) is 12.0. The van der Waals surface area contributed by atoms with Crippen LogP contribution >= 0.6 is 15.9 Å². The molecule has 0 aliphatic carbocycles. The highest BCUT2D eigenvalue weighted by atomic mass is 79.9.